The maximum atomic E-state index is 13.2. The number of aromatic nitrogens is 3. The van der Waals surface area contributed by atoms with Gasteiger partial charge in [0.15, 0.2) is 0 Å². The highest BCUT2D eigenvalue weighted by Crippen LogP contribution is 2.46. The zero-order valence-electron chi connectivity index (χ0n) is 11.5. The lowest BCUT2D eigenvalue weighted by molar-refractivity contribution is -0.188. The Hall–Kier alpha value is -1.07. The van der Waals surface area contributed by atoms with E-state index in [2.05, 4.69) is 10.2 Å². The van der Waals surface area contributed by atoms with Gasteiger partial charge in [0, 0.05) is 11.5 Å². The molecule has 0 radical (unpaired) electrons. The molecule has 1 aromatic heterocycles. The maximum Gasteiger partial charge on any atom is 0.392 e. The lowest BCUT2D eigenvalue weighted by Gasteiger charge is -2.34. The standard InChI is InChI=1S/C13H20F3N3/c1-12(2,3)19-8-17-18-11(19)9-6-4-5-7-10(9)13(14,15)16/h8-10H,4-7H2,1-3H3. The van der Waals surface area contributed by atoms with Crippen LogP contribution in [-0.4, -0.2) is 20.9 Å². The summed E-state index contributed by atoms with van der Waals surface area (Å²) in [6, 6.07) is 0. The van der Waals surface area contributed by atoms with Crippen molar-refractivity contribution in [3.8, 4) is 0 Å². The highest BCUT2D eigenvalue weighted by atomic mass is 19.4. The smallest absolute Gasteiger partial charge is 0.312 e. The number of nitrogens with zero attached hydrogens (tertiary/aromatic N) is 3. The summed E-state index contributed by atoms with van der Waals surface area (Å²) in [5, 5.41) is 7.81. The van der Waals surface area contributed by atoms with Crippen molar-refractivity contribution in [1.82, 2.24) is 14.8 Å². The molecule has 1 aromatic rings. The molecule has 3 nitrogen and oxygen atoms in total. The predicted molar refractivity (Wildman–Crippen MR) is 65.8 cm³/mol. The van der Waals surface area contributed by atoms with Gasteiger partial charge in [0.2, 0.25) is 0 Å². The molecule has 1 heterocycles. The summed E-state index contributed by atoms with van der Waals surface area (Å²) in [6.45, 7) is 5.85. The van der Waals surface area contributed by atoms with E-state index in [9.17, 15) is 13.2 Å². The van der Waals surface area contributed by atoms with Crippen LogP contribution < -0.4 is 0 Å². The van der Waals surface area contributed by atoms with Crippen LogP contribution in [-0.2, 0) is 5.54 Å². The topological polar surface area (TPSA) is 30.7 Å². The number of hydrogen-bond donors (Lipinski definition) is 0. The van der Waals surface area contributed by atoms with Gasteiger partial charge < -0.3 is 4.57 Å². The molecule has 0 saturated heterocycles. The first-order valence-corrected chi connectivity index (χ1v) is 6.68. The van der Waals surface area contributed by atoms with Crippen molar-refractivity contribution in [1.29, 1.82) is 0 Å². The summed E-state index contributed by atoms with van der Waals surface area (Å²) in [5.74, 6) is -1.36. The molecule has 2 rings (SSSR count). The molecule has 0 aromatic carbocycles. The van der Waals surface area contributed by atoms with Gasteiger partial charge in [0.05, 0.1) is 5.92 Å². The average Bonchev–Trinajstić information content (AvgIpc) is 2.76. The van der Waals surface area contributed by atoms with Gasteiger partial charge in [-0.1, -0.05) is 12.8 Å². The minimum Gasteiger partial charge on any atom is -0.312 e. The SMILES string of the molecule is CC(C)(C)n1cnnc1C1CCCCC1C(F)(F)F. The number of alkyl halides is 3. The maximum absolute atomic E-state index is 13.2. The Bertz CT molecular complexity index is 431. The van der Waals surface area contributed by atoms with E-state index in [0.29, 0.717) is 18.7 Å². The molecule has 1 fully saturated rings. The van der Waals surface area contributed by atoms with E-state index in [4.69, 9.17) is 0 Å². The molecule has 2 atom stereocenters. The van der Waals surface area contributed by atoms with Gasteiger partial charge in [-0.25, -0.2) is 0 Å². The third-order valence-corrected chi connectivity index (χ3v) is 3.81. The second kappa shape index (κ2) is 4.80. The van der Waals surface area contributed by atoms with E-state index >= 15 is 0 Å². The summed E-state index contributed by atoms with van der Waals surface area (Å²) in [5.41, 5.74) is -0.299. The highest BCUT2D eigenvalue weighted by molar-refractivity contribution is 5.05. The second-order valence-corrected chi connectivity index (χ2v) is 6.27. The molecule has 108 valence electrons. The van der Waals surface area contributed by atoms with Gasteiger partial charge in [-0.2, -0.15) is 13.2 Å². The van der Waals surface area contributed by atoms with Gasteiger partial charge >= 0.3 is 6.18 Å². The van der Waals surface area contributed by atoms with E-state index in [0.717, 1.165) is 6.42 Å². The first-order valence-electron chi connectivity index (χ1n) is 6.68. The largest absolute Gasteiger partial charge is 0.392 e. The van der Waals surface area contributed by atoms with Gasteiger partial charge in [0.1, 0.15) is 12.2 Å². The number of halogens is 3. The molecule has 0 N–H and O–H groups in total. The minimum atomic E-state index is -4.15. The van der Waals surface area contributed by atoms with Crippen LogP contribution >= 0.6 is 0 Å². The Morgan fingerprint density at radius 2 is 1.79 bits per heavy atom. The van der Waals surface area contributed by atoms with Crippen LogP contribution in [0.1, 0.15) is 58.2 Å². The van der Waals surface area contributed by atoms with E-state index in [1.165, 1.54) is 6.33 Å². The molecule has 0 bridgehead atoms. The van der Waals surface area contributed by atoms with Crippen molar-refractivity contribution >= 4 is 0 Å². The van der Waals surface area contributed by atoms with E-state index in [1.54, 1.807) is 4.57 Å². The summed E-state index contributed by atoms with van der Waals surface area (Å²) in [6.07, 6.45) is -0.403. The summed E-state index contributed by atoms with van der Waals surface area (Å²) in [7, 11) is 0. The monoisotopic (exact) mass is 275 g/mol. The molecule has 2 unspecified atom stereocenters. The summed E-state index contributed by atoms with van der Waals surface area (Å²) >= 11 is 0. The van der Waals surface area contributed by atoms with Crippen LogP contribution in [0.15, 0.2) is 6.33 Å². The first-order chi connectivity index (χ1) is 8.71. The zero-order chi connectivity index (χ0) is 14.3. The van der Waals surface area contributed by atoms with Crippen LogP contribution in [0.4, 0.5) is 13.2 Å². The fraction of sp³-hybridized carbons (Fsp3) is 0.846. The van der Waals surface area contributed by atoms with Crippen molar-refractivity contribution < 1.29 is 13.2 Å². The average molecular weight is 275 g/mol. The first kappa shape index (κ1) is 14.3. The van der Waals surface area contributed by atoms with Crippen molar-refractivity contribution in [3.05, 3.63) is 12.2 Å². The second-order valence-electron chi connectivity index (χ2n) is 6.27. The lowest BCUT2D eigenvalue weighted by Crippen LogP contribution is -2.35. The molecule has 0 spiro atoms. The zero-order valence-corrected chi connectivity index (χ0v) is 11.5. The Labute approximate surface area is 111 Å². The lowest BCUT2D eigenvalue weighted by atomic mass is 9.78. The molecule has 19 heavy (non-hydrogen) atoms. The minimum absolute atomic E-state index is 0.200. The van der Waals surface area contributed by atoms with Gasteiger partial charge in [0.25, 0.3) is 0 Å². The summed E-state index contributed by atoms with van der Waals surface area (Å²) in [4.78, 5) is 0. The predicted octanol–water partition coefficient (Wildman–Crippen LogP) is 3.87. The van der Waals surface area contributed by atoms with Crippen molar-refractivity contribution in [2.24, 2.45) is 5.92 Å². The molecular weight excluding hydrogens is 255 g/mol. The third-order valence-electron chi connectivity index (χ3n) is 3.81. The van der Waals surface area contributed by atoms with Crippen LogP contribution in [0.3, 0.4) is 0 Å². The van der Waals surface area contributed by atoms with E-state index in [1.807, 2.05) is 20.8 Å². The molecular formula is C13H20F3N3. The van der Waals surface area contributed by atoms with Crippen molar-refractivity contribution in [3.63, 3.8) is 0 Å². The highest BCUT2D eigenvalue weighted by Gasteiger charge is 2.47. The fourth-order valence-corrected chi connectivity index (χ4v) is 2.85. The van der Waals surface area contributed by atoms with Gasteiger partial charge in [-0.15, -0.1) is 10.2 Å². The third kappa shape index (κ3) is 2.92. The van der Waals surface area contributed by atoms with Crippen molar-refractivity contribution in [2.75, 3.05) is 0 Å². The van der Waals surface area contributed by atoms with E-state index in [-0.39, 0.29) is 12.0 Å². The number of hydrogen-bond acceptors (Lipinski definition) is 2. The Kier molecular flexibility index (Phi) is 3.62. The summed E-state index contributed by atoms with van der Waals surface area (Å²) < 4.78 is 41.2. The molecule has 6 heteroatoms. The van der Waals surface area contributed by atoms with Crippen molar-refractivity contribution in [2.45, 2.75) is 64.1 Å². The number of rotatable bonds is 1. The van der Waals surface area contributed by atoms with Crippen LogP contribution in [0.2, 0.25) is 0 Å². The van der Waals surface area contributed by atoms with Crippen LogP contribution in [0, 0.1) is 5.92 Å². The fourth-order valence-electron chi connectivity index (χ4n) is 2.85. The van der Waals surface area contributed by atoms with Crippen LogP contribution in [0.25, 0.3) is 0 Å². The van der Waals surface area contributed by atoms with E-state index < -0.39 is 18.0 Å². The quantitative estimate of drug-likeness (QED) is 0.779. The molecule has 0 amide bonds. The molecule has 0 aliphatic heterocycles. The molecule has 1 aliphatic carbocycles. The molecule has 1 aliphatic rings. The Morgan fingerprint density at radius 1 is 1.16 bits per heavy atom. The normalized spacial score (nSPS) is 25.6. The Balaban J connectivity index is 2.36. The molecule has 1 saturated carbocycles. The van der Waals surface area contributed by atoms with Gasteiger partial charge in [-0.3, -0.25) is 0 Å². The van der Waals surface area contributed by atoms with Crippen LogP contribution in [0.5, 0.6) is 0 Å². The van der Waals surface area contributed by atoms with Gasteiger partial charge in [-0.05, 0) is 33.6 Å². The Morgan fingerprint density at radius 3 is 2.37 bits per heavy atom.